The summed E-state index contributed by atoms with van der Waals surface area (Å²) in [5, 5.41) is 10.3. The van der Waals surface area contributed by atoms with Gasteiger partial charge in [0.2, 0.25) is 0 Å². The lowest BCUT2D eigenvalue weighted by molar-refractivity contribution is -0.137. The Bertz CT molecular complexity index is 1230. The maximum Gasteiger partial charge on any atom is 0.416 e. The molecule has 1 atom stereocenters. The van der Waals surface area contributed by atoms with Crippen molar-refractivity contribution in [1.82, 2.24) is 14.8 Å². The van der Waals surface area contributed by atoms with E-state index in [-0.39, 0.29) is 52.9 Å². The van der Waals surface area contributed by atoms with Crippen LogP contribution in [0.15, 0.2) is 60.9 Å². The number of carbonyl (C=O) groups is 1. The van der Waals surface area contributed by atoms with Gasteiger partial charge in [-0.05, 0) is 53.9 Å². The smallest absolute Gasteiger partial charge is 0.416 e. The number of aromatic hydroxyl groups is 1. The largest absolute Gasteiger partial charge is 0.506 e. The van der Waals surface area contributed by atoms with E-state index in [1.165, 1.54) is 13.2 Å². The molecule has 1 aliphatic rings. The number of piperazine rings is 1. The van der Waals surface area contributed by atoms with E-state index in [0.717, 1.165) is 23.3 Å². The summed E-state index contributed by atoms with van der Waals surface area (Å²) in [6.07, 6.45) is -0.764. The fraction of sp³-hybridized carbons (Fsp3) is 0.308. The second-order valence-corrected chi connectivity index (χ2v) is 9.09. The van der Waals surface area contributed by atoms with Crippen molar-refractivity contribution in [1.29, 1.82) is 0 Å². The first-order chi connectivity index (χ1) is 17.1. The molecule has 1 N–H and O–H groups in total. The molecule has 3 aromatic rings. The van der Waals surface area contributed by atoms with Gasteiger partial charge in [-0.1, -0.05) is 23.7 Å². The van der Waals surface area contributed by atoms with E-state index >= 15 is 0 Å². The number of halogens is 6. The van der Waals surface area contributed by atoms with Crippen molar-refractivity contribution < 1.29 is 27.8 Å². The van der Waals surface area contributed by atoms with Crippen LogP contribution in [-0.4, -0.2) is 58.6 Å². The highest BCUT2D eigenvalue weighted by Gasteiger charge is 2.35. The molecule has 1 saturated heterocycles. The second kappa shape index (κ2) is 13.4. The van der Waals surface area contributed by atoms with Gasteiger partial charge in [-0.15, -0.1) is 24.8 Å². The van der Waals surface area contributed by atoms with Gasteiger partial charge in [0.1, 0.15) is 11.5 Å². The molecule has 0 aliphatic carbocycles. The van der Waals surface area contributed by atoms with Crippen molar-refractivity contribution in [2.45, 2.75) is 25.2 Å². The van der Waals surface area contributed by atoms with Gasteiger partial charge in [-0.3, -0.25) is 14.7 Å². The third-order valence-electron chi connectivity index (χ3n) is 6.16. The lowest BCUT2D eigenvalue weighted by Crippen LogP contribution is -2.55. The monoisotopic (exact) mass is 591 g/mol. The zero-order valence-corrected chi connectivity index (χ0v) is 22.7. The number of carbonyl (C=O) groups excluding carboxylic acids is 1. The molecular weight excluding hydrogens is 566 g/mol. The lowest BCUT2D eigenvalue weighted by atomic mass is 9.99. The number of hydrogen-bond donors (Lipinski definition) is 1. The van der Waals surface area contributed by atoms with Crippen LogP contribution < -0.4 is 4.74 Å². The van der Waals surface area contributed by atoms with E-state index in [1.807, 2.05) is 12.1 Å². The van der Waals surface area contributed by atoms with E-state index in [4.69, 9.17) is 16.3 Å². The molecule has 1 amide bonds. The van der Waals surface area contributed by atoms with E-state index in [1.54, 1.807) is 35.5 Å². The summed E-state index contributed by atoms with van der Waals surface area (Å²) in [7, 11) is 1.26. The van der Waals surface area contributed by atoms with Crippen molar-refractivity contribution in [2.24, 2.45) is 0 Å². The van der Waals surface area contributed by atoms with Gasteiger partial charge in [0.25, 0.3) is 5.91 Å². The summed E-state index contributed by atoms with van der Waals surface area (Å²) in [6, 6.07) is 11.4. The number of ether oxygens (including phenoxy) is 1. The van der Waals surface area contributed by atoms with Crippen molar-refractivity contribution in [2.75, 3.05) is 26.7 Å². The Morgan fingerprint density at radius 2 is 1.89 bits per heavy atom. The average Bonchev–Trinajstić information content (AvgIpc) is 2.86. The Morgan fingerprint density at radius 3 is 2.53 bits per heavy atom. The topological polar surface area (TPSA) is 65.9 Å². The Kier molecular flexibility index (Phi) is 11.1. The number of rotatable bonds is 6. The van der Waals surface area contributed by atoms with Crippen molar-refractivity contribution in [3.8, 4) is 11.5 Å². The first kappa shape index (κ1) is 31.5. The molecule has 2 heterocycles. The summed E-state index contributed by atoms with van der Waals surface area (Å²) < 4.78 is 45.4. The third-order valence-corrected chi connectivity index (χ3v) is 6.47. The standard InChI is InChI=1S/C26H25ClF3N3O3.2ClH/c1-36-22-12-19(11-20(13-22)26(28,29)30)25(35)33-8-7-32(15-18-3-2-6-31-14-18)16-21(33)9-17-4-5-23(27)24(34)10-17;;/h2-6,10-14,21,34H,7-9,15-16H2,1H3;2*1H/t21-;;/m1../s1. The Labute approximate surface area is 236 Å². The van der Waals surface area contributed by atoms with Gasteiger partial charge in [-0.25, -0.2) is 0 Å². The maximum atomic E-state index is 13.5. The molecule has 2 aromatic carbocycles. The molecule has 0 saturated carbocycles. The minimum atomic E-state index is -4.62. The van der Waals surface area contributed by atoms with Crippen molar-refractivity contribution in [3.63, 3.8) is 0 Å². The summed E-state index contributed by atoms with van der Waals surface area (Å²) in [5.41, 5.74) is 0.734. The molecule has 0 radical (unpaired) electrons. The van der Waals surface area contributed by atoms with Crippen LogP contribution in [0.1, 0.15) is 27.0 Å². The van der Waals surface area contributed by atoms with E-state index in [0.29, 0.717) is 32.6 Å². The van der Waals surface area contributed by atoms with Gasteiger partial charge in [-0.2, -0.15) is 13.2 Å². The normalized spacial score (nSPS) is 15.8. The van der Waals surface area contributed by atoms with Gasteiger partial charge >= 0.3 is 6.18 Å². The van der Waals surface area contributed by atoms with Gasteiger partial charge in [0.05, 0.1) is 17.7 Å². The van der Waals surface area contributed by atoms with Crippen LogP contribution in [0.2, 0.25) is 5.02 Å². The molecule has 12 heteroatoms. The fourth-order valence-corrected chi connectivity index (χ4v) is 4.50. The Hall–Kier alpha value is -2.72. The molecule has 1 aliphatic heterocycles. The quantitative estimate of drug-likeness (QED) is 0.387. The molecule has 0 unspecified atom stereocenters. The molecule has 6 nitrogen and oxygen atoms in total. The highest BCUT2D eigenvalue weighted by molar-refractivity contribution is 6.32. The van der Waals surface area contributed by atoms with Crippen LogP contribution in [0.5, 0.6) is 11.5 Å². The maximum absolute atomic E-state index is 13.5. The average molecular weight is 593 g/mol. The highest BCUT2D eigenvalue weighted by atomic mass is 35.5. The highest BCUT2D eigenvalue weighted by Crippen LogP contribution is 2.33. The van der Waals surface area contributed by atoms with Crippen molar-refractivity contribution >= 4 is 42.3 Å². The summed E-state index contributed by atoms with van der Waals surface area (Å²) >= 11 is 5.94. The van der Waals surface area contributed by atoms with Crippen LogP contribution in [0, 0.1) is 0 Å². The zero-order chi connectivity index (χ0) is 25.9. The Balaban J connectivity index is 0.00000253. The van der Waals surface area contributed by atoms with E-state index < -0.39 is 17.6 Å². The number of nitrogens with zero attached hydrogens (tertiary/aromatic N) is 3. The number of aromatic nitrogens is 1. The molecule has 1 fully saturated rings. The first-order valence-corrected chi connectivity index (χ1v) is 11.7. The van der Waals surface area contributed by atoms with Gasteiger partial charge < -0.3 is 14.7 Å². The summed E-state index contributed by atoms with van der Waals surface area (Å²) in [6.45, 7) is 1.97. The summed E-state index contributed by atoms with van der Waals surface area (Å²) in [5.74, 6) is -0.621. The van der Waals surface area contributed by atoms with Gasteiger partial charge in [0.15, 0.2) is 0 Å². The molecule has 1 aromatic heterocycles. The number of amides is 1. The predicted octanol–water partition coefficient (Wildman–Crippen LogP) is 5.88. The van der Waals surface area contributed by atoms with Crippen LogP contribution in [0.25, 0.3) is 0 Å². The van der Waals surface area contributed by atoms with Crippen LogP contribution in [0.3, 0.4) is 0 Å². The predicted molar refractivity (Wildman–Crippen MR) is 144 cm³/mol. The number of phenolic OH excluding ortho intramolecular Hbond substituents is 1. The van der Waals surface area contributed by atoms with Gasteiger partial charge in [0, 0.05) is 50.2 Å². The molecule has 206 valence electrons. The Morgan fingerprint density at radius 1 is 1.13 bits per heavy atom. The minimum absolute atomic E-state index is 0. The number of pyridine rings is 1. The second-order valence-electron chi connectivity index (χ2n) is 8.69. The van der Waals surface area contributed by atoms with E-state index in [2.05, 4.69) is 9.88 Å². The third kappa shape index (κ3) is 7.66. The molecule has 4 rings (SSSR count). The summed E-state index contributed by atoms with van der Waals surface area (Å²) in [4.78, 5) is 21.5. The number of alkyl halides is 3. The zero-order valence-electron chi connectivity index (χ0n) is 20.3. The molecule has 0 spiro atoms. The molecule has 0 bridgehead atoms. The lowest BCUT2D eigenvalue weighted by Gasteiger charge is -2.42. The van der Waals surface area contributed by atoms with Crippen molar-refractivity contribution in [3.05, 3.63) is 88.2 Å². The number of phenols is 1. The minimum Gasteiger partial charge on any atom is -0.506 e. The molecule has 38 heavy (non-hydrogen) atoms. The first-order valence-electron chi connectivity index (χ1n) is 11.3. The van der Waals surface area contributed by atoms with Crippen LogP contribution in [-0.2, 0) is 19.1 Å². The SMILES string of the molecule is COc1cc(C(=O)N2CCN(Cc3cccnc3)C[C@H]2Cc2ccc(Cl)c(O)c2)cc(C(F)(F)F)c1.Cl.Cl. The van der Waals surface area contributed by atoms with Crippen LogP contribution in [0.4, 0.5) is 13.2 Å². The molecular formula is C26H27Cl3F3N3O3. The number of benzene rings is 2. The van der Waals surface area contributed by atoms with E-state index in [9.17, 15) is 23.1 Å². The van der Waals surface area contributed by atoms with Crippen LogP contribution >= 0.6 is 36.4 Å². The fourth-order valence-electron chi connectivity index (χ4n) is 4.38. The number of methoxy groups -OCH3 is 1. The number of hydrogen-bond acceptors (Lipinski definition) is 5.